The Labute approximate surface area is 134 Å². The molecule has 6 nitrogen and oxygen atoms in total. The van der Waals surface area contributed by atoms with Crippen molar-refractivity contribution in [3.63, 3.8) is 0 Å². The molecule has 0 aliphatic heterocycles. The number of carbonyl (C=O) groups excluding carboxylic acids is 1. The zero-order chi connectivity index (χ0) is 17.9. The van der Waals surface area contributed by atoms with E-state index in [1.165, 1.54) is 7.05 Å². The van der Waals surface area contributed by atoms with Gasteiger partial charge in [0.2, 0.25) is 0 Å². The molecule has 0 aromatic carbocycles. The Kier molecular flexibility index (Phi) is 6.65. The van der Waals surface area contributed by atoms with Crippen LogP contribution in [0.1, 0.15) is 41.5 Å². The molecule has 0 aromatic rings. The van der Waals surface area contributed by atoms with Crippen LogP contribution in [0.5, 0.6) is 0 Å². The molecule has 1 atom stereocenters. The van der Waals surface area contributed by atoms with Gasteiger partial charge in [0.15, 0.2) is 14.4 Å². The molecule has 0 rings (SSSR count). The quantitative estimate of drug-likeness (QED) is 0.781. The summed E-state index contributed by atoms with van der Waals surface area (Å²) in [7, 11) is -0.665. The summed E-state index contributed by atoms with van der Waals surface area (Å²) in [6.45, 7) is 15.5. The number of carboxylic acid groups (broad SMARTS) is 1. The van der Waals surface area contributed by atoms with Crippen molar-refractivity contribution in [3.8, 4) is 0 Å². The van der Waals surface area contributed by atoms with Crippen molar-refractivity contribution in [2.45, 2.75) is 71.3 Å². The van der Waals surface area contributed by atoms with Crippen LogP contribution in [0, 0.1) is 0 Å². The van der Waals surface area contributed by atoms with E-state index in [-0.39, 0.29) is 11.6 Å². The van der Waals surface area contributed by atoms with Gasteiger partial charge >= 0.3 is 12.1 Å². The van der Waals surface area contributed by atoms with Crippen LogP contribution >= 0.6 is 0 Å². The summed E-state index contributed by atoms with van der Waals surface area (Å²) in [5.74, 6) is -1.10. The molecule has 0 spiro atoms. The van der Waals surface area contributed by atoms with Gasteiger partial charge < -0.3 is 14.3 Å². The maximum Gasteiger partial charge on any atom is 0.410 e. The van der Waals surface area contributed by atoms with Gasteiger partial charge in [0.1, 0.15) is 5.60 Å². The SMILES string of the molecule is CN(C(=O)OC(C)(C)C)[C@@H](CO[Si](C)(C)C(C)(C)C)C(=O)O. The number of likely N-dealkylation sites (N-methyl/N-ethyl adjacent to an activating group) is 1. The molecule has 1 amide bonds. The van der Waals surface area contributed by atoms with Gasteiger partial charge in [0, 0.05) is 7.05 Å². The maximum atomic E-state index is 12.0. The predicted octanol–water partition coefficient (Wildman–Crippen LogP) is 3.33. The third-order valence-corrected chi connectivity index (χ3v) is 8.34. The number of aliphatic carboxylic acids is 1. The molecular formula is C15H31NO5Si. The molecule has 130 valence electrons. The monoisotopic (exact) mass is 333 g/mol. The molecule has 0 heterocycles. The molecule has 0 aliphatic carbocycles. The highest BCUT2D eigenvalue weighted by Crippen LogP contribution is 2.36. The highest BCUT2D eigenvalue weighted by Gasteiger charge is 2.39. The van der Waals surface area contributed by atoms with E-state index in [1.807, 2.05) is 13.1 Å². The summed E-state index contributed by atoms with van der Waals surface area (Å²) >= 11 is 0. The molecule has 0 radical (unpaired) electrons. The molecule has 0 aliphatic rings. The Morgan fingerprint density at radius 2 is 1.59 bits per heavy atom. The standard InChI is InChI=1S/C15H31NO5Si/c1-14(2,3)21-13(19)16(7)11(12(17)18)10-20-22(8,9)15(4,5)6/h11H,10H2,1-9H3,(H,17,18)/t11-/m0/s1. The minimum Gasteiger partial charge on any atom is -0.480 e. The summed E-state index contributed by atoms with van der Waals surface area (Å²) in [5.41, 5.74) is -0.672. The first-order valence-electron chi connectivity index (χ1n) is 7.41. The number of amides is 1. The largest absolute Gasteiger partial charge is 0.480 e. The van der Waals surface area contributed by atoms with Gasteiger partial charge in [0.05, 0.1) is 6.61 Å². The lowest BCUT2D eigenvalue weighted by Gasteiger charge is -2.38. The molecule has 0 bridgehead atoms. The molecule has 1 N–H and O–H groups in total. The number of carbonyl (C=O) groups is 2. The molecule has 0 aromatic heterocycles. The Balaban J connectivity index is 4.96. The van der Waals surface area contributed by atoms with E-state index < -0.39 is 32.0 Å². The first-order valence-corrected chi connectivity index (χ1v) is 10.3. The number of ether oxygens (including phenoxy) is 1. The van der Waals surface area contributed by atoms with Crippen molar-refractivity contribution in [3.05, 3.63) is 0 Å². The van der Waals surface area contributed by atoms with Gasteiger partial charge in [-0.3, -0.25) is 4.90 Å². The average Bonchev–Trinajstić information content (AvgIpc) is 2.24. The van der Waals surface area contributed by atoms with Gasteiger partial charge in [-0.2, -0.15) is 0 Å². The van der Waals surface area contributed by atoms with Gasteiger partial charge in [-0.25, -0.2) is 9.59 Å². The maximum absolute atomic E-state index is 12.0. The number of hydrogen-bond acceptors (Lipinski definition) is 4. The fourth-order valence-corrected chi connectivity index (χ4v) is 2.32. The van der Waals surface area contributed by atoms with Gasteiger partial charge in [-0.1, -0.05) is 20.8 Å². The summed E-state index contributed by atoms with van der Waals surface area (Å²) in [6, 6.07) is -1.07. The molecule has 0 fully saturated rings. The summed E-state index contributed by atoms with van der Waals surface area (Å²) in [6.07, 6.45) is -0.668. The molecule has 7 heteroatoms. The van der Waals surface area contributed by atoms with Crippen LogP contribution in [0.3, 0.4) is 0 Å². The fourth-order valence-electron chi connectivity index (χ4n) is 1.31. The predicted molar refractivity (Wildman–Crippen MR) is 88.6 cm³/mol. The zero-order valence-corrected chi connectivity index (χ0v) is 16.3. The van der Waals surface area contributed by atoms with Crippen LogP contribution in [-0.4, -0.2) is 55.7 Å². The third-order valence-electron chi connectivity index (χ3n) is 3.84. The second-order valence-electron chi connectivity index (χ2n) is 8.02. The van der Waals surface area contributed by atoms with Crippen molar-refractivity contribution >= 4 is 20.4 Å². The Bertz CT molecular complexity index is 409. The lowest BCUT2D eigenvalue weighted by atomic mass is 10.2. The average molecular weight is 334 g/mol. The van der Waals surface area contributed by atoms with Crippen LogP contribution in [0.4, 0.5) is 4.79 Å². The first-order chi connectivity index (χ1) is 9.58. The Morgan fingerprint density at radius 1 is 1.14 bits per heavy atom. The summed E-state index contributed by atoms with van der Waals surface area (Å²) < 4.78 is 11.1. The van der Waals surface area contributed by atoms with Crippen molar-refractivity contribution in [1.82, 2.24) is 4.90 Å². The van der Waals surface area contributed by atoms with Gasteiger partial charge in [-0.05, 0) is 38.9 Å². The lowest BCUT2D eigenvalue weighted by Crippen LogP contribution is -2.50. The van der Waals surface area contributed by atoms with Gasteiger partial charge in [0.25, 0.3) is 0 Å². The number of nitrogens with zero attached hydrogens (tertiary/aromatic N) is 1. The molecule has 0 saturated carbocycles. The number of rotatable bonds is 5. The number of hydrogen-bond donors (Lipinski definition) is 1. The smallest absolute Gasteiger partial charge is 0.410 e. The van der Waals surface area contributed by atoms with E-state index in [4.69, 9.17) is 9.16 Å². The molecule has 22 heavy (non-hydrogen) atoms. The van der Waals surface area contributed by atoms with E-state index in [9.17, 15) is 14.7 Å². The fraction of sp³-hybridized carbons (Fsp3) is 0.867. The second-order valence-corrected chi connectivity index (χ2v) is 12.8. The third kappa shape index (κ3) is 6.35. The highest BCUT2D eigenvalue weighted by atomic mass is 28.4. The molecule has 0 saturated heterocycles. The lowest BCUT2D eigenvalue weighted by molar-refractivity contribution is -0.143. The summed E-state index contributed by atoms with van der Waals surface area (Å²) in [5, 5.41) is 9.35. The van der Waals surface area contributed by atoms with Crippen LogP contribution in [0.2, 0.25) is 18.1 Å². The second kappa shape index (κ2) is 7.00. The summed E-state index contributed by atoms with van der Waals surface area (Å²) in [4.78, 5) is 24.6. The van der Waals surface area contributed by atoms with Crippen molar-refractivity contribution < 1.29 is 23.9 Å². The van der Waals surface area contributed by atoms with E-state index in [0.717, 1.165) is 4.90 Å². The zero-order valence-electron chi connectivity index (χ0n) is 15.3. The normalized spacial score (nSPS) is 14.4. The van der Waals surface area contributed by atoms with E-state index in [0.29, 0.717) is 0 Å². The van der Waals surface area contributed by atoms with Crippen LogP contribution in [-0.2, 0) is 14.0 Å². The highest BCUT2D eigenvalue weighted by molar-refractivity contribution is 6.74. The van der Waals surface area contributed by atoms with Crippen LogP contribution in [0.25, 0.3) is 0 Å². The van der Waals surface area contributed by atoms with Crippen molar-refractivity contribution in [2.24, 2.45) is 0 Å². The Hall–Kier alpha value is -1.08. The first kappa shape index (κ1) is 20.9. The Morgan fingerprint density at radius 3 is 1.91 bits per heavy atom. The van der Waals surface area contributed by atoms with Crippen molar-refractivity contribution in [2.75, 3.05) is 13.7 Å². The van der Waals surface area contributed by atoms with Crippen LogP contribution < -0.4 is 0 Å². The van der Waals surface area contributed by atoms with E-state index in [2.05, 4.69) is 20.8 Å². The van der Waals surface area contributed by atoms with E-state index >= 15 is 0 Å². The molecule has 0 unspecified atom stereocenters. The number of carboxylic acids is 1. The van der Waals surface area contributed by atoms with E-state index in [1.54, 1.807) is 20.8 Å². The van der Waals surface area contributed by atoms with Crippen molar-refractivity contribution in [1.29, 1.82) is 0 Å². The van der Waals surface area contributed by atoms with Gasteiger partial charge in [-0.15, -0.1) is 0 Å². The van der Waals surface area contributed by atoms with Crippen LogP contribution in [0.15, 0.2) is 0 Å². The topological polar surface area (TPSA) is 76.1 Å². The minimum atomic E-state index is -2.08. The minimum absolute atomic E-state index is 0.0272. The molecular weight excluding hydrogens is 302 g/mol.